The van der Waals surface area contributed by atoms with Gasteiger partial charge in [-0.1, -0.05) is 32.3 Å². The zero-order chi connectivity index (χ0) is 13.1. The van der Waals surface area contributed by atoms with Crippen molar-refractivity contribution in [1.29, 1.82) is 0 Å². The summed E-state index contributed by atoms with van der Waals surface area (Å²) in [7, 11) is 0. The lowest BCUT2D eigenvalue weighted by atomic mass is 10.1. The summed E-state index contributed by atoms with van der Waals surface area (Å²) in [6.07, 6.45) is 4.52. The van der Waals surface area contributed by atoms with E-state index >= 15 is 0 Å². The molecule has 0 aliphatic heterocycles. The van der Waals surface area contributed by atoms with E-state index < -0.39 is 12.4 Å². The smallest absolute Gasteiger partial charge is 0.176 e. The normalized spacial score (nSPS) is 16.7. The summed E-state index contributed by atoms with van der Waals surface area (Å²) in [5, 5.41) is 9.80. The van der Waals surface area contributed by atoms with Gasteiger partial charge in [0.05, 0.1) is 7.45 Å². The van der Waals surface area contributed by atoms with E-state index in [1.807, 2.05) is 13.8 Å². The fourth-order valence-corrected chi connectivity index (χ4v) is 1.32. The lowest BCUT2D eigenvalue weighted by Gasteiger charge is -2.13. The molecule has 96 valence electrons. The molecule has 3 heteroatoms. The second kappa shape index (κ2) is 11.1. The first-order chi connectivity index (χ1) is 8.05. The molecule has 0 heterocycles. The van der Waals surface area contributed by atoms with E-state index in [0.717, 1.165) is 19.3 Å². The van der Waals surface area contributed by atoms with E-state index in [2.05, 4.69) is 6.92 Å². The van der Waals surface area contributed by atoms with Gasteiger partial charge in [-0.2, -0.15) is 0 Å². The second-order valence-corrected chi connectivity index (χ2v) is 3.59. The molecule has 0 fully saturated rings. The molecule has 0 spiro atoms. The Balaban J connectivity index is 4.13. The molecule has 3 nitrogen and oxygen atoms in total. The Kier molecular flexibility index (Phi) is 9.51. The van der Waals surface area contributed by atoms with Crippen LogP contribution in [-0.2, 0) is 9.47 Å². The Morgan fingerprint density at radius 3 is 2.25 bits per heavy atom. The minimum atomic E-state index is -1.51. The maximum atomic E-state index is 9.80. The predicted molar refractivity (Wildman–Crippen MR) is 66.3 cm³/mol. The minimum Gasteiger partial charge on any atom is -0.389 e. The molecular weight excluding hydrogens is 204 g/mol. The second-order valence-electron chi connectivity index (χ2n) is 3.59. The molecule has 0 saturated heterocycles. The first-order valence-corrected chi connectivity index (χ1v) is 6.20. The van der Waals surface area contributed by atoms with E-state index in [9.17, 15) is 5.11 Å². The van der Waals surface area contributed by atoms with Crippen LogP contribution in [0.2, 0.25) is 0 Å². The van der Waals surface area contributed by atoms with Crippen LogP contribution in [0, 0.1) is 0 Å². The Morgan fingerprint density at radius 1 is 1.12 bits per heavy atom. The monoisotopic (exact) mass is 232 g/mol. The third-order valence-electron chi connectivity index (χ3n) is 2.14. The summed E-state index contributed by atoms with van der Waals surface area (Å²) >= 11 is 0. The van der Waals surface area contributed by atoms with Crippen molar-refractivity contribution in [2.75, 3.05) is 13.2 Å². The average molecular weight is 232 g/mol. The SMILES string of the molecule is [3H]C(O)(/C=C/C(OCC)OCC)CCCCC. The molecule has 1 unspecified atom stereocenters. The molecule has 0 aromatic heterocycles. The van der Waals surface area contributed by atoms with Crippen molar-refractivity contribution in [2.45, 2.75) is 58.8 Å². The Labute approximate surface area is 101 Å². The number of aliphatic hydroxyl groups is 1. The molecule has 0 aliphatic carbocycles. The fourth-order valence-electron chi connectivity index (χ4n) is 1.32. The van der Waals surface area contributed by atoms with E-state index in [1.54, 1.807) is 6.08 Å². The van der Waals surface area contributed by atoms with Gasteiger partial charge in [-0.15, -0.1) is 0 Å². The van der Waals surface area contributed by atoms with Crippen LogP contribution in [0.3, 0.4) is 0 Å². The number of rotatable bonds is 10. The van der Waals surface area contributed by atoms with Gasteiger partial charge in [-0.25, -0.2) is 0 Å². The van der Waals surface area contributed by atoms with Gasteiger partial charge in [0.2, 0.25) is 0 Å². The van der Waals surface area contributed by atoms with Gasteiger partial charge in [-0.3, -0.25) is 0 Å². The molecular formula is C13H26O3. The van der Waals surface area contributed by atoms with E-state index in [-0.39, 0.29) is 0 Å². The highest BCUT2D eigenvalue weighted by Crippen LogP contribution is 2.06. The average Bonchev–Trinajstić information content (AvgIpc) is 2.27. The molecule has 16 heavy (non-hydrogen) atoms. The van der Waals surface area contributed by atoms with Crippen LogP contribution in [-0.4, -0.2) is 30.7 Å². The van der Waals surface area contributed by atoms with Gasteiger partial charge in [0.1, 0.15) is 0 Å². The van der Waals surface area contributed by atoms with Crippen molar-refractivity contribution in [1.82, 2.24) is 0 Å². The van der Waals surface area contributed by atoms with Crippen LogP contribution < -0.4 is 0 Å². The molecule has 0 bridgehead atoms. The fraction of sp³-hybridized carbons (Fsp3) is 0.846. The quantitative estimate of drug-likeness (QED) is 0.357. The van der Waals surface area contributed by atoms with Crippen molar-refractivity contribution in [3.63, 3.8) is 0 Å². The first-order valence-electron chi connectivity index (χ1n) is 6.70. The molecule has 0 aromatic carbocycles. The van der Waals surface area contributed by atoms with E-state index in [0.29, 0.717) is 19.6 Å². The third kappa shape index (κ3) is 8.89. The Morgan fingerprint density at radius 2 is 1.75 bits per heavy atom. The highest BCUT2D eigenvalue weighted by Gasteiger charge is 2.04. The molecule has 0 amide bonds. The maximum Gasteiger partial charge on any atom is 0.176 e. The zero-order valence-electron chi connectivity index (χ0n) is 11.7. The summed E-state index contributed by atoms with van der Waals surface area (Å²) in [6, 6.07) is 0. The van der Waals surface area contributed by atoms with Crippen molar-refractivity contribution in [2.24, 2.45) is 0 Å². The number of hydrogen-bond donors (Lipinski definition) is 1. The van der Waals surface area contributed by atoms with E-state index in [1.165, 1.54) is 6.08 Å². The summed E-state index contributed by atoms with van der Waals surface area (Å²) in [4.78, 5) is 0. The molecule has 0 aliphatic rings. The van der Waals surface area contributed by atoms with Crippen molar-refractivity contribution < 1.29 is 16.0 Å². The van der Waals surface area contributed by atoms with Gasteiger partial charge in [0, 0.05) is 13.2 Å². The predicted octanol–water partition coefficient (Wildman–Crippen LogP) is 2.88. The Hall–Kier alpha value is -0.380. The van der Waals surface area contributed by atoms with Gasteiger partial charge < -0.3 is 14.6 Å². The van der Waals surface area contributed by atoms with Crippen molar-refractivity contribution >= 4 is 0 Å². The van der Waals surface area contributed by atoms with Crippen LogP contribution in [0.1, 0.15) is 47.8 Å². The van der Waals surface area contributed by atoms with Crippen LogP contribution >= 0.6 is 0 Å². The van der Waals surface area contributed by atoms with Crippen LogP contribution in [0.15, 0.2) is 12.2 Å². The summed E-state index contributed by atoms with van der Waals surface area (Å²) in [6.45, 7) is 6.95. The standard InChI is InChI=1S/C13H26O3/c1-4-7-8-9-12(14)10-11-13(15-5-2)16-6-3/h10-14H,4-9H2,1-3H3/b11-10+/i12T. The number of unbranched alkanes of at least 4 members (excludes halogenated alkanes) is 2. The Bertz CT molecular complexity index is 199. The summed E-state index contributed by atoms with van der Waals surface area (Å²) in [5.74, 6) is 0. The topological polar surface area (TPSA) is 38.7 Å². The lowest BCUT2D eigenvalue weighted by molar-refractivity contribution is -0.104. The highest BCUT2D eigenvalue weighted by molar-refractivity contribution is 4.91. The molecule has 0 rings (SSSR count). The first kappa shape index (κ1) is 13.7. The van der Waals surface area contributed by atoms with Crippen LogP contribution in [0.25, 0.3) is 0 Å². The molecule has 0 saturated carbocycles. The molecule has 0 aromatic rings. The molecule has 1 atom stereocenters. The zero-order valence-corrected chi connectivity index (χ0v) is 10.7. The van der Waals surface area contributed by atoms with Crippen molar-refractivity contribution in [3.8, 4) is 0 Å². The number of hydrogen-bond acceptors (Lipinski definition) is 3. The molecule has 1 N–H and O–H groups in total. The van der Waals surface area contributed by atoms with Crippen LogP contribution in [0.4, 0.5) is 0 Å². The van der Waals surface area contributed by atoms with Crippen LogP contribution in [0.5, 0.6) is 0 Å². The highest BCUT2D eigenvalue weighted by atomic mass is 16.7. The van der Waals surface area contributed by atoms with E-state index in [4.69, 9.17) is 10.8 Å². The van der Waals surface area contributed by atoms with Gasteiger partial charge in [0.15, 0.2) is 6.29 Å². The summed E-state index contributed by atoms with van der Waals surface area (Å²) in [5.41, 5.74) is 0. The van der Waals surface area contributed by atoms with Gasteiger partial charge in [0.25, 0.3) is 0 Å². The lowest BCUT2D eigenvalue weighted by Crippen LogP contribution is -2.15. The summed E-state index contributed by atoms with van der Waals surface area (Å²) < 4.78 is 18.3. The van der Waals surface area contributed by atoms with Crippen molar-refractivity contribution in [3.05, 3.63) is 12.2 Å². The third-order valence-corrected chi connectivity index (χ3v) is 2.14. The van der Waals surface area contributed by atoms with Gasteiger partial charge in [-0.05, 0) is 26.3 Å². The number of ether oxygens (including phenoxy) is 2. The maximum absolute atomic E-state index is 9.80. The van der Waals surface area contributed by atoms with Gasteiger partial charge >= 0.3 is 0 Å². The molecule has 0 radical (unpaired) electrons. The minimum absolute atomic E-state index is 0.447. The largest absolute Gasteiger partial charge is 0.389 e.